The second-order valence-electron chi connectivity index (χ2n) is 9.12. The lowest BCUT2D eigenvalue weighted by atomic mass is 9.93. The molecule has 1 N–H and O–H groups in total. The Labute approximate surface area is 178 Å². The number of nitrogens with one attached hydrogen (secondary N) is 1. The molecule has 1 amide bonds. The molecule has 1 atom stereocenters. The lowest BCUT2D eigenvalue weighted by Gasteiger charge is -2.23. The molecule has 2 saturated carbocycles. The summed E-state index contributed by atoms with van der Waals surface area (Å²) in [5.74, 6) is 3.00. The average molecular weight is 413 g/mol. The molecule has 1 heterocycles. The standard InChI is InChI=1S/C23H32N4OS/c1-14(2)16-5-7-17(8-6-16)21(15(3)4)24-20(28)13-29-23-26-25-22(18-9-10-18)27(23)19-11-12-19/h5-8,14-15,18-19,21H,9-13H2,1-4H3,(H,24,28)/t21-/m1/s1. The van der Waals surface area contributed by atoms with E-state index in [0.717, 1.165) is 11.0 Å². The monoisotopic (exact) mass is 412 g/mol. The third-order valence-corrected chi connectivity index (χ3v) is 6.77. The maximum Gasteiger partial charge on any atom is 0.230 e. The molecule has 0 bridgehead atoms. The maximum atomic E-state index is 12.7. The number of benzene rings is 1. The van der Waals surface area contributed by atoms with Crippen molar-refractivity contribution in [2.24, 2.45) is 5.92 Å². The number of carbonyl (C=O) groups is 1. The van der Waals surface area contributed by atoms with Crippen LogP contribution in [0.5, 0.6) is 0 Å². The topological polar surface area (TPSA) is 59.8 Å². The summed E-state index contributed by atoms with van der Waals surface area (Å²) in [7, 11) is 0. The number of hydrogen-bond donors (Lipinski definition) is 1. The fraction of sp³-hybridized carbons (Fsp3) is 0.609. The Morgan fingerprint density at radius 2 is 1.72 bits per heavy atom. The molecular weight excluding hydrogens is 380 g/mol. The minimum absolute atomic E-state index is 0.0210. The highest BCUT2D eigenvalue weighted by molar-refractivity contribution is 7.99. The van der Waals surface area contributed by atoms with Crippen molar-refractivity contribution < 1.29 is 4.79 Å². The number of hydrogen-bond acceptors (Lipinski definition) is 4. The molecule has 2 aliphatic rings. The zero-order valence-corrected chi connectivity index (χ0v) is 18.7. The maximum absolute atomic E-state index is 12.7. The summed E-state index contributed by atoms with van der Waals surface area (Å²) in [6.45, 7) is 8.70. The first-order chi connectivity index (χ1) is 13.9. The molecule has 6 heteroatoms. The van der Waals surface area contributed by atoms with E-state index in [2.05, 4.69) is 72.0 Å². The number of carbonyl (C=O) groups excluding carboxylic acids is 1. The number of nitrogens with zero attached hydrogens (tertiary/aromatic N) is 3. The normalized spacial score (nSPS) is 17.7. The molecule has 0 unspecified atom stereocenters. The summed E-state index contributed by atoms with van der Waals surface area (Å²) in [4.78, 5) is 12.7. The van der Waals surface area contributed by atoms with Crippen LogP contribution in [-0.2, 0) is 4.79 Å². The van der Waals surface area contributed by atoms with E-state index in [9.17, 15) is 4.79 Å². The molecule has 5 nitrogen and oxygen atoms in total. The fourth-order valence-electron chi connectivity index (χ4n) is 3.75. The highest BCUT2D eigenvalue weighted by atomic mass is 32.2. The van der Waals surface area contributed by atoms with Crippen LogP contribution in [0, 0.1) is 5.92 Å². The van der Waals surface area contributed by atoms with E-state index in [1.54, 1.807) is 0 Å². The molecule has 2 fully saturated rings. The summed E-state index contributed by atoms with van der Waals surface area (Å²) in [6.07, 6.45) is 4.86. The quantitative estimate of drug-likeness (QED) is 0.574. The van der Waals surface area contributed by atoms with Gasteiger partial charge in [0.05, 0.1) is 11.8 Å². The van der Waals surface area contributed by atoms with E-state index in [1.807, 2.05) is 0 Å². The second-order valence-corrected chi connectivity index (χ2v) is 10.1. The molecule has 1 aromatic carbocycles. The van der Waals surface area contributed by atoms with Crippen LogP contribution < -0.4 is 5.32 Å². The van der Waals surface area contributed by atoms with Gasteiger partial charge in [-0.05, 0) is 48.6 Å². The van der Waals surface area contributed by atoms with Crippen molar-refractivity contribution in [3.63, 3.8) is 0 Å². The molecule has 0 spiro atoms. The lowest BCUT2D eigenvalue weighted by molar-refractivity contribution is -0.119. The van der Waals surface area contributed by atoms with Crippen molar-refractivity contribution in [3.05, 3.63) is 41.2 Å². The molecule has 2 aliphatic carbocycles. The fourth-order valence-corrected chi connectivity index (χ4v) is 4.57. The predicted octanol–water partition coefficient (Wildman–Crippen LogP) is 5.22. The molecule has 0 aliphatic heterocycles. The number of aromatic nitrogens is 3. The Kier molecular flexibility index (Phi) is 6.00. The van der Waals surface area contributed by atoms with Crippen molar-refractivity contribution in [3.8, 4) is 0 Å². The van der Waals surface area contributed by atoms with Crippen molar-refractivity contribution in [2.45, 2.75) is 82.5 Å². The van der Waals surface area contributed by atoms with E-state index < -0.39 is 0 Å². The van der Waals surface area contributed by atoms with E-state index in [1.165, 1.54) is 48.6 Å². The lowest BCUT2D eigenvalue weighted by Crippen LogP contribution is -2.33. The van der Waals surface area contributed by atoms with Crippen LogP contribution in [0.2, 0.25) is 0 Å². The van der Waals surface area contributed by atoms with Crippen molar-refractivity contribution in [2.75, 3.05) is 5.75 Å². The molecular formula is C23H32N4OS. The summed E-state index contributed by atoms with van der Waals surface area (Å²) in [5, 5.41) is 13.0. The van der Waals surface area contributed by atoms with Crippen LogP contribution >= 0.6 is 11.8 Å². The summed E-state index contributed by atoms with van der Waals surface area (Å²) < 4.78 is 2.31. The molecule has 0 saturated heterocycles. The number of rotatable bonds is 9. The molecule has 4 rings (SSSR count). The van der Waals surface area contributed by atoms with Crippen LogP contribution in [0.3, 0.4) is 0 Å². The summed E-state index contributed by atoms with van der Waals surface area (Å²) >= 11 is 1.52. The first kappa shape index (κ1) is 20.5. The van der Waals surface area contributed by atoms with Crippen LogP contribution in [0.15, 0.2) is 29.4 Å². The number of thioether (sulfide) groups is 1. The van der Waals surface area contributed by atoms with E-state index in [0.29, 0.717) is 29.5 Å². The average Bonchev–Trinajstić information content (AvgIpc) is 3.63. The van der Waals surface area contributed by atoms with Crippen molar-refractivity contribution >= 4 is 17.7 Å². The van der Waals surface area contributed by atoms with E-state index in [4.69, 9.17) is 0 Å². The largest absolute Gasteiger partial charge is 0.348 e. The van der Waals surface area contributed by atoms with Gasteiger partial charge in [-0.25, -0.2) is 0 Å². The SMILES string of the molecule is CC(C)c1ccc([C@H](NC(=O)CSc2nnc(C3CC3)n2C2CC2)C(C)C)cc1. The van der Waals surface area contributed by atoms with Gasteiger partial charge in [0.1, 0.15) is 5.82 Å². The highest BCUT2D eigenvalue weighted by Crippen LogP contribution is 2.46. The van der Waals surface area contributed by atoms with E-state index >= 15 is 0 Å². The first-order valence-electron chi connectivity index (χ1n) is 10.9. The van der Waals surface area contributed by atoms with Gasteiger partial charge in [-0.2, -0.15) is 0 Å². The van der Waals surface area contributed by atoms with Gasteiger partial charge in [-0.1, -0.05) is 63.7 Å². The minimum Gasteiger partial charge on any atom is -0.348 e. The summed E-state index contributed by atoms with van der Waals surface area (Å²) in [5.41, 5.74) is 2.49. The predicted molar refractivity (Wildman–Crippen MR) is 117 cm³/mol. The zero-order valence-electron chi connectivity index (χ0n) is 17.9. The van der Waals surface area contributed by atoms with Gasteiger partial charge in [-0.15, -0.1) is 10.2 Å². The van der Waals surface area contributed by atoms with Crippen molar-refractivity contribution in [1.29, 1.82) is 0 Å². The van der Waals surface area contributed by atoms with Gasteiger partial charge < -0.3 is 9.88 Å². The van der Waals surface area contributed by atoms with Gasteiger partial charge in [0.2, 0.25) is 5.91 Å². The molecule has 0 radical (unpaired) electrons. The van der Waals surface area contributed by atoms with Gasteiger partial charge in [-0.3, -0.25) is 4.79 Å². The molecule has 1 aromatic heterocycles. The van der Waals surface area contributed by atoms with Crippen LogP contribution in [0.1, 0.15) is 94.2 Å². The second kappa shape index (κ2) is 8.50. The van der Waals surface area contributed by atoms with Gasteiger partial charge in [0.15, 0.2) is 5.16 Å². The smallest absolute Gasteiger partial charge is 0.230 e. The molecule has 29 heavy (non-hydrogen) atoms. The Morgan fingerprint density at radius 1 is 1.07 bits per heavy atom. The van der Waals surface area contributed by atoms with Gasteiger partial charge in [0.25, 0.3) is 0 Å². The Morgan fingerprint density at radius 3 is 2.28 bits per heavy atom. The number of amides is 1. The first-order valence-corrected chi connectivity index (χ1v) is 11.9. The molecule has 2 aromatic rings. The van der Waals surface area contributed by atoms with E-state index in [-0.39, 0.29) is 11.9 Å². The highest BCUT2D eigenvalue weighted by Gasteiger charge is 2.36. The summed E-state index contributed by atoms with van der Waals surface area (Å²) in [6, 6.07) is 9.22. The van der Waals surface area contributed by atoms with Crippen LogP contribution in [0.4, 0.5) is 0 Å². The Balaban J connectivity index is 1.39. The van der Waals surface area contributed by atoms with Crippen LogP contribution in [0.25, 0.3) is 0 Å². The van der Waals surface area contributed by atoms with Crippen LogP contribution in [-0.4, -0.2) is 26.4 Å². The zero-order chi connectivity index (χ0) is 20.5. The minimum atomic E-state index is 0.0210. The van der Waals surface area contributed by atoms with Crippen molar-refractivity contribution in [1.82, 2.24) is 20.1 Å². The van der Waals surface area contributed by atoms with Gasteiger partial charge >= 0.3 is 0 Å². The Hall–Kier alpha value is -1.82. The molecule has 156 valence electrons. The Bertz CT molecular complexity index is 850. The third-order valence-electron chi connectivity index (χ3n) is 5.82. The third kappa shape index (κ3) is 4.85. The van der Waals surface area contributed by atoms with Gasteiger partial charge in [0, 0.05) is 12.0 Å².